The quantitative estimate of drug-likeness (QED) is 0.851. The summed E-state index contributed by atoms with van der Waals surface area (Å²) >= 11 is 4.89. The number of rotatable bonds is 4. The molecule has 6 heteroatoms. The van der Waals surface area contributed by atoms with Crippen molar-refractivity contribution in [1.29, 1.82) is 0 Å². The van der Waals surface area contributed by atoms with Gasteiger partial charge in [0.2, 0.25) is 0 Å². The molecule has 0 saturated carbocycles. The van der Waals surface area contributed by atoms with E-state index in [1.165, 1.54) is 6.07 Å². The minimum Gasteiger partial charge on any atom is -0.389 e. The molecule has 0 radical (unpaired) electrons. The molecule has 20 heavy (non-hydrogen) atoms. The van der Waals surface area contributed by atoms with Crippen LogP contribution in [0.15, 0.2) is 53.4 Å². The van der Waals surface area contributed by atoms with Gasteiger partial charge in [0.05, 0.1) is 10.6 Å². The van der Waals surface area contributed by atoms with Crippen molar-refractivity contribution in [2.75, 3.05) is 4.72 Å². The summed E-state index contributed by atoms with van der Waals surface area (Å²) in [6.45, 7) is 1.83. The summed E-state index contributed by atoms with van der Waals surface area (Å²) in [6.07, 6.45) is 0. The average Bonchev–Trinajstić information content (AvgIpc) is 2.41. The summed E-state index contributed by atoms with van der Waals surface area (Å²) in [5.74, 6) is 0. The number of nitrogens with two attached hydrogens (primary N) is 1. The van der Waals surface area contributed by atoms with Crippen molar-refractivity contribution in [2.45, 2.75) is 11.8 Å². The molecule has 0 unspecified atom stereocenters. The van der Waals surface area contributed by atoms with Gasteiger partial charge < -0.3 is 5.73 Å². The Morgan fingerprint density at radius 1 is 1.10 bits per heavy atom. The highest BCUT2D eigenvalue weighted by Gasteiger charge is 2.19. The summed E-state index contributed by atoms with van der Waals surface area (Å²) in [5.41, 5.74) is 7.28. The third-order valence-corrected chi connectivity index (χ3v) is 4.48. The van der Waals surface area contributed by atoms with Gasteiger partial charge >= 0.3 is 0 Å². The molecule has 0 saturated heterocycles. The second kappa shape index (κ2) is 5.60. The third kappa shape index (κ3) is 2.97. The molecule has 0 heterocycles. The Morgan fingerprint density at radius 2 is 1.70 bits per heavy atom. The van der Waals surface area contributed by atoms with E-state index in [-0.39, 0.29) is 9.88 Å². The minimum atomic E-state index is -3.73. The molecule has 104 valence electrons. The van der Waals surface area contributed by atoms with Gasteiger partial charge in [0.1, 0.15) is 4.99 Å². The van der Waals surface area contributed by atoms with Gasteiger partial charge in [-0.05, 0) is 24.6 Å². The number of hydrogen-bond acceptors (Lipinski definition) is 3. The fourth-order valence-electron chi connectivity index (χ4n) is 1.79. The van der Waals surface area contributed by atoms with Gasteiger partial charge in [-0.3, -0.25) is 4.72 Å². The zero-order valence-corrected chi connectivity index (χ0v) is 12.5. The van der Waals surface area contributed by atoms with Crippen molar-refractivity contribution in [2.24, 2.45) is 5.73 Å². The molecular formula is C14H14N2O2S2. The summed E-state index contributed by atoms with van der Waals surface area (Å²) in [4.78, 5) is 0.131. The number of nitrogens with one attached hydrogen (secondary N) is 1. The van der Waals surface area contributed by atoms with E-state index in [0.29, 0.717) is 11.3 Å². The van der Waals surface area contributed by atoms with E-state index < -0.39 is 10.0 Å². The van der Waals surface area contributed by atoms with Gasteiger partial charge in [0.15, 0.2) is 0 Å². The summed E-state index contributed by atoms with van der Waals surface area (Å²) in [7, 11) is -3.73. The molecule has 0 bridgehead atoms. The smallest absolute Gasteiger partial charge is 0.262 e. The van der Waals surface area contributed by atoms with Gasteiger partial charge in [0.25, 0.3) is 10.0 Å². The highest BCUT2D eigenvalue weighted by atomic mass is 32.2. The van der Waals surface area contributed by atoms with Crippen molar-refractivity contribution < 1.29 is 8.42 Å². The largest absolute Gasteiger partial charge is 0.389 e. The molecule has 0 atom stereocenters. The van der Waals surface area contributed by atoms with Crippen LogP contribution in [-0.2, 0) is 10.0 Å². The van der Waals surface area contributed by atoms with Crippen molar-refractivity contribution in [3.8, 4) is 0 Å². The van der Waals surface area contributed by atoms with E-state index in [4.69, 9.17) is 18.0 Å². The first-order valence-electron chi connectivity index (χ1n) is 5.89. The number of anilines is 1. The first-order chi connectivity index (χ1) is 9.42. The van der Waals surface area contributed by atoms with E-state index in [1.54, 1.807) is 30.3 Å². The Balaban J connectivity index is 2.47. The van der Waals surface area contributed by atoms with E-state index in [9.17, 15) is 8.42 Å². The van der Waals surface area contributed by atoms with E-state index in [1.807, 2.05) is 19.1 Å². The lowest BCUT2D eigenvalue weighted by atomic mass is 10.2. The lowest BCUT2D eigenvalue weighted by Gasteiger charge is -2.13. The van der Waals surface area contributed by atoms with Gasteiger partial charge in [-0.15, -0.1) is 0 Å². The number of benzene rings is 2. The van der Waals surface area contributed by atoms with Crippen LogP contribution in [0.4, 0.5) is 5.69 Å². The Kier molecular flexibility index (Phi) is 4.06. The maximum absolute atomic E-state index is 12.5. The average molecular weight is 306 g/mol. The second-order valence-electron chi connectivity index (χ2n) is 4.28. The Morgan fingerprint density at radius 3 is 2.35 bits per heavy atom. The number of hydrogen-bond donors (Lipinski definition) is 2. The van der Waals surface area contributed by atoms with Crippen molar-refractivity contribution in [1.82, 2.24) is 0 Å². The first kappa shape index (κ1) is 14.5. The van der Waals surface area contributed by atoms with Crippen molar-refractivity contribution >= 4 is 32.9 Å². The van der Waals surface area contributed by atoms with Gasteiger partial charge in [-0.25, -0.2) is 8.42 Å². The number of aryl methyl sites for hydroxylation is 1. The lowest BCUT2D eigenvalue weighted by molar-refractivity contribution is 0.601. The molecule has 3 N–H and O–H groups in total. The van der Waals surface area contributed by atoms with Crippen LogP contribution in [0.5, 0.6) is 0 Å². The monoisotopic (exact) mass is 306 g/mol. The molecule has 4 nitrogen and oxygen atoms in total. The predicted molar refractivity (Wildman–Crippen MR) is 84.3 cm³/mol. The molecule has 0 spiro atoms. The minimum absolute atomic E-state index is 0.0516. The van der Waals surface area contributed by atoms with Gasteiger partial charge in [-0.1, -0.05) is 48.6 Å². The van der Waals surface area contributed by atoms with Crippen LogP contribution in [0.25, 0.3) is 0 Å². The van der Waals surface area contributed by atoms with E-state index >= 15 is 0 Å². The van der Waals surface area contributed by atoms with E-state index in [0.717, 1.165) is 5.56 Å². The number of thiocarbonyl (C=S) groups is 1. The normalized spacial score (nSPS) is 11.1. The fourth-order valence-corrected chi connectivity index (χ4v) is 3.39. The number of para-hydroxylation sites is 1. The van der Waals surface area contributed by atoms with Crippen LogP contribution in [0.2, 0.25) is 0 Å². The molecule has 0 aromatic heterocycles. The maximum Gasteiger partial charge on any atom is 0.262 e. The SMILES string of the molecule is Cc1ccccc1NS(=O)(=O)c1ccccc1C(N)=S. The van der Waals surface area contributed by atoms with Gasteiger partial charge in [-0.2, -0.15) is 0 Å². The van der Waals surface area contributed by atoms with Crippen LogP contribution in [-0.4, -0.2) is 13.4 Å². The molecule has 2 aromatic carbocycles. The van der Waals surface area contributed by atoms with Crippen LogP contribution in [0, 0.1) is 6.92 Å². The van der Waals surface area contributed by atoms with Crippen molar-refractivity contribution in [3.05, 3.63) is 59.7 Å². The maximum atomic E-state index is 12.5. The fraction of sp³-hybridized carbons (Fsp3) is 0.0714. The summed E-state index contributed by atoms with van der Waals surface area (Å²) in [5, 5.41) is 0. The summed E-state index contributed by atoms with van der Waals surface area (Å²) < 4.78 is 27.5. The Hall–Kier alpha value is -1.92. The molecule has 0 fully saturated rings. The van der Waals surface area contributed by atoms with Crippen LogP contribution < -0.4 is 10.5 Å². The molecule has 2 aromatic rings. The third-order valence-electron chi connectivity index (χ3n) is 2.83. The zero-order valence-electron chi connectivity index (χ0n) is 10.8. The molecule has 2 rings (SSSR count). The lowest BCUT2D eigenvalue weighted by Crippen LogP contribution is -2.20. The predicted octanol–water partition coefficient (Wildman–Crippen LogP) is 2.43. The van der Waals surface area contributed by atoms with Crippen LogP contribution in [0.1, 0.15) is 11.1 Å². The molecule has 0 aliphatic heterocycles. The number of sulfonamides is 1. The van der Waals surface area contributed by atoms with E-state index in [2.05, 4.69) is 4.72 Å². The molecule has 0 amide bonds. The van der Waals surface area contributed by atoms with Crippen LogP contribution >= 0.6 is 12.2 Å². The summed E-state index contributed by atoms with van der Waals surface area (Å²) in [6, 6.07) is 13.5. The molecular weight excluding hydrogens is 292 g/mol. The molecule has 0 aliphatic carbocycles. The zero-order chi connectivity index (χ0) is 14.8. The first-order valence-corrected chi connectivity index (χ1v) is 7.78. The van der Waals surface area contributed by atoms with Crippen LogP contribution in [0.3, 0.4) is 0 Å². The second-order valence-corrected chi connectivity index (χ2v) is 6.37. The topological polar surface area (TPSA) is 72.2 Å². The highest BCUT2D eigenvalue weighted by Crippen LogP contribution is 2.21. The molecule has 0 aliphatic rings. The Bertz CT molecular complexity index is 755. The van der Waals surface area contributed by atoms with Gasteiger partial charge in [0, 0.05) is 5.56 Å². The van der Waals surface area contributed by atoms with Crippen molar-refractivity contribution in [3.63, 3.8) is 0 Å². The Labute approximate surface area is 123 Å². The highest BCUT2D eigenvalue weighted by molar-refractivity contribution is 7.93. The standard InChI is InChI=1S/C14H14N2O2S2/c1-10-6-2-4-8-12(10)16-20(17,18)13-9-5-3-7-11(13)14(15)19/h2-9,16H,1H3,(H2,15,19).